The lowest BCUT2D eigenvalue weighted by Crippen LogP contribution is -2.50. The number of amides is 2. The monoisotopic (exact) mass is 500 g/mol. The van der Waals surface area contributed by atoms with Gasteiger partial charge >= 0.3 is 0 Å². The Balaban J connectivity index is 1.07. The number of anilines is 2. The number of carbonyl (C=O) groups excluding carboxylic acids is 2. The minimum Gasteiger partial charge on any atom is -0.348 e. The first kappa shape index (κ1) is 22.7. The molecule has 1 saturated heterocycles. The smallest absolute Gasteiger partial charge is 0.268 e. The SMILES string of the molecule is O=C1NCC2(CCCC2)n2c1cc1cnc(Nc3ccc(C(=O)N4CCN(CC5CC5)CC4)cn3)nc12. The average Bonchev–Trinajstić information content (AvgIpc) is 3.46. The van der Waals surface area contributed by atoms with Crippen molar-refractivity contribution in [2.75, 3.05) is 44.6 Å². The van der Waals surface area contributed by atoms with Gasteiger partial charge in [0.05, 0.1) is 11.1 Å². The van der Waals surface area contributed by atoms with Gasteiger partial charge in [0.25, 0.3) is 11.8 Å². The quantitative estimate of drug-likeness (QED) is 0.555. The highest BCUT2D eigenvalue weighted by Gasteiger charge is 2.42. The van der Waals surface area contributed by atoms with Gasteiger partial charge in [0, 0.05) is 57.0 Å². The lowest BCUT2D eigenvalue weighted by Gasteiger charge is -2.37. The van der Waals surface area contributed by atoms with Crippen molar-refractivity contribution in [1.29, 1.82) is 0 Å². The van der Waals surface area contributed by atoms with Gasteiger partial charge in [0.2, 0.25) is 5.95 Å². The Hall–Kier alpha value is -3.53. The zero-order chi connectivity index (χ0) is 25.0. The summed E-state index contributed by atoms with van der Waals surface area (Å²) in [4.78, 5) is 43.7. The molecule has 2 saturated carbocycles. The summed E-state index contributed by atoms with van der Waals surface area (Å²) in [5.41, 5.74) is 1.91. The number of carbonyl (C=O) groups is 2. The number of piperazine rings is 1. The molecule has 2 N–H and O–H groups in total. The first-order valence-electron chi connectivity index (χ1n) is 13.5. The second-order valence-corrected chi connectivity index (χ2v) is 11.0. The van der Waals surface area contributed by atoms with E-state index >= 15 is 0 Å². The van der Waals surface area contributed by atoms with Crippen molar-refractivity contribution in [3.8, 4) is 0 Å². The standard InChI is InChI=1S/C27H32N8O2/c36-24-21-13-20-15-29-26(32-23(20)35(21)27(17-30-24)7-1-2-8-27)31-22-6-5-19(14-28-22)25(37)34-11-9-33(10-12-34)16-18-3-4-18/h5-6,13-15,18H,1-4,7-12,16-17H2,(H,30,36)(H,28,29,31,32). The molecular formula is C27H32N8O2. The van der Waals surface area contributed by atoms with E-state index in [2.05, 4.69) is 30.1 Å². The van der Waals surface area contributed by atoms with Crippen molar-refractivity contribution in [2.45, 2.75) is 44.1 Å². The zero-order valence-electron chi connectivity index (χ0n) is 20.9. The third kappa shape index (κ3) is 4.13. The Labute approximate surface area is 215 Å². The van der Waals surface area contributed by atoms with Crippen LogP contribution in [0.5, 0.6) is 0 Å². The van der Waals surface area contributed by atoms with E-state index in [4.69, 9.17) is 4.98 Å². The number of rotatable bonds is 5. The molecule has 0 atom stereocenters. The lowest BCUT2D eigenvalue weighted by molar-refractivity contribution is 0.0631. The summed E-state index contributed by atoms with van der Waals surface area (Å²) in [6, 6.07) is 5.49. The van der Waals surface area contributed by atoms with E-state index in [1.54, 1.807) is 18.5 Å². The minimum absolute atomic E-state index is 0.0303. The number of aromatic nitrogens is 4. The lowest BCUT2D eigenvalue weighted by atomic mass is 9.94. The van der Waals surface area contributed by atoms with E-state index in [0.29, 0.717) is 29.6 Å². The van der Waals surface area contributed by atoms with Crippen molar-refractivity contribution in [3.63, 3.8) is 0 Å². The molecule has 5 heterocycles. The van der Waals surface area contributed by atoms with Gasteiger partial charge in [-0.05, 0) is 49.8 Å². The van der Waals surface area contributed by atoms with Gasteiger partial charge in [0.1, 0.15) is 17.2 Å². The van der Waals surface area contributed by atoms with Gasteiger partial charge < -0.3 is 20.1 Å². The molecule has 4 aliphatic rings. The Morgan fingerprint density at radius 1 is 1.08 bits per heavy atom. The highest BCUT2D eigenvalue weighted by molar-refractivity contribution is 5.99. The Kier molecular flexibility index (Phi) is 5.38. The van der Waals surface area contributed by atoms with Crippen LogP contribution in [-0.2, 0) is 5.54 Å². The maximum absolute atomic E-state index is 13.0. The predicted octanol–water partition coefficient (Wildman–Crippen LogP) is 2.75. The van der Waals surface area contributed by atoms with Crippen molar-refractivity contribution in [2.24, 2.45) is 5.92 Å². The molecule has 2 aliphatic carbocycles. The van der Waals surface area contributed by atoms with Crippen molar-refractivity contribution >= 4 is 34.6 Å². The van der Waals surface area contributed by atoms with E-state index in [9.17, 15) is 9.59 Å². The van der Waals surface area contributed by atoms with Crippen LogP contribution in [0.25, 0.3) is 11.0 Å². The fourth-order valence-corrected chi connectivity index (χ4v) is 6.23. The molecule has 3 aromatic heterocycles. The third-order valence-corrected chi connectivity index (χ3v) is 8.48. The van der Waals surface area contributed by atoms with Crippen LogP contribution in [0.15, 0.2) is 30.6 Å². The average molecular weight is 501 g/mol. The molecule has 0 unspecified atom stereocenters. The number of nitrogens with zero attached hydrogens (tertiary/aromatic N) is 6. The summed E-state index contributed by atoms with van der Waals surface area (Å²) in [7, 11) is 0. The highest BCUT2D eigenvalue weighted by Crippen LogP contribution is 2.41. The number of fused-ring (bicyclic) bond motifs is 4. The summed E-state index contributed by atoms with van der Waals surface area (Å²) in [5, 5.41) is 7.11. The molecular weight excluding hydrogens is 468 g/mol. The maximum Gasteiger partial charge on any atom is 0.268 e. The molecule has 2 amide bonds. The molecule has 192 valence electrons. The van der Waals surface area contributed by atoms with Crippen molar-refractivity contribution in [1.82, 2.24) is 34.6 Å². The van der Waals surface area contributed by atoms with Crippen LogP contribution < -0.4 is 10.6 Å². The predicted molar refractivity (Wildman–Crippen MR) is 139 cm³/mol. The van der Waals surface area contributed by atoms with Gasteiger partial charge in [-0.3, -0.25) is 14.5 Å². The second kappa shape index (κ2) is 8.79. The van der Waals surface area contributed by atoms with Crippen LogP contribution in [0.3, 0.4) is 0 Å². The van der Waals surface area contributed by atoms with Crippen LogP contribution in [0.4, 0.5) is 11.8 Å². The molecule has 37 heavy (non-hydrogen) atoms. The van der Waals surface area contributed by atoms with Gasteiger partial charge in [-0.25, -0.2) is 9.97 Å². The molecule has 10 heteroatoms. The van der Waals surface area contributed by atoms with Crippen molar-refractivity contribution in [3.05, 3.63) is 41.9 Å². The molecule has 0 radical (unpaired) electrons. The molecule has 7 rings (SSSR count). The molecule has 10 nitrogen and oxygen atoms in total. The number of pyridine rings is 1. The summed E-state index contributed by atoms with van der Waals surface area (Å²) >= 11 is 0. The van der Waals surface area contributed by atoms with Crippen LogP contribution >= 0.6 is 0 Å². The number of nitrogens with one attached hydrogen (secondary N) is 2. The van der Waals surface area contributed by atoms with Crippen LogP contribution in [-0.4, -0.2) is 80.4 Å². The molecule has 2 aliphatic heterocycles. The molecule has 3 aromatic rings. The van der Waals surface area contributed by atoms with Crippen molar-refractivity contribution < 1.29 is 9.59 Å². The van der Waals surface area contributed by atoms with Gasteiger partial charge in [0.15, 0.2) is 0 Å². The summed E-state index contributed by atoms with van der Waals surface area (Å²) < 4.78 is 2.14. The van der Waals surface area contributed by atoms with Crippen LogP contribution in [0.2, 0.25) is 0 Å². The topological polar surface area (TPSA) is 108 Å². The molecule has 0 bridgehead atoms. The fraction of sp³-hybridized carbons (Fsp3) is 0.519. The van der Waals surface area contributed by atoms with E-state index in [0.717, 1.165) is 68.8 Å². The van der Waals surface area contributed by atoms with E-state index < -0.39 is 0 Å². The molecule has 3 fully saturated rings. The van der Waals surface area contributed by atoms with Crippen LogP contribution in [0, 0.1) is 5.92 Å². The maximum atomic E-state index is 13.0. The van der Waals surface area contributed by atoms with E-state index in [1.165, 1.54) is 19.4 Å². The van der Waals surface area contributed by atoms with E-state index in [-0.39, 0.29) is 17.4 Å². The van der Waals surface area contributed by atoms with Gasteiger partial charge in [-0.15, -0.1) is 0 Å². The summed E-state index contributed by atoms with van der Waals surface area (Å²) in [6.45, 7) is 5.24. The fourth-order valence-electron chi connectivity index (χ4n) is 6.23. The summed E-state index contributed by atoms with van der Waals surface area (Å²) in [6.07, 6.45) is 10.5. The molecule has 1 spiro atoms. The van der Waals surface area contributed by atoms with Crippen LogP contribution in [0.1, 0.15) is 59.4 Å². The Bertz CT molecular complexity index is 1350. The third-order valence-electron chi connectivity index (χ3n) is 8.48. The normalized spacial score (nSPS) is 21.3. The number of hydrogen-bond donors (Lipinski definition) is 2. The first-order valence-corrected chi connectivity index (χ1v) is 13.5. The highest BCUT2D eigenvalue weighted by atomic mass is 16.2. The first-order chi connectivity index (χ1) is 18.1. The second-order valence-electron chi connectivity index (χ2n) is 11.0. The van der Waals surface area contributed by atoms with Gasteiger partial charge in [-0.1, -0.05) is 12.8 Å². The largest absolute Gasteiger partial charge is 0.348 e. The zero-order valence-corrected chi connectivity index (χ0v) is 20.9. The minimum atomic E-state index is -0.111. The Morgan fingerprint density at radius 3 is 2.62 bits per heavy atom. The Morgan fingerprint density at radius 2 is 1.89 bits per heavy atom. The molecule has 0 aromatic carbocycles. The van der Waals surface area contributed by atoms with Gasteiger partial charge in [-0.2, -0.15) is 4.98 Å². The van der Waals surface area contributed by atoms with E-state index in [1.807, 2.05) is 17.0 Å². The number of hydrogen-bond acceptors (Lipinski definition) is 7. The summed E-state index contributed by atoms with van der Waals surface area (Å²) in [5.74, 6) is 1.84.